The molecular weight excluding hydrogens is 342 g/mol. The smallest absolute Gasteiger partial charge is 0.335 e. The lowest BCUT2D eigenvalue weighted by molar-refractivity contribution is 0.0695. The van der Waals surface area contributed by atoms with E-state index in [-0.39, 0.29) is 17.1 Å². The molecular formula is C22H15NO4. The molecule has 0 spiro atoms. The molecule has 3 aromatic carbocycles. The van der Waals surface area contributed by atoms with Crippen molar-refractivity contribution in [3.8, 4) is 0 Å². The average Bonchev–Trinajstić information content (AvgIpc) is 2.92. The molecule has 0 radical (unpaired) electrons. The van der Waals surface area contributed by atoms with E-state index >= 15 is 0 Å². The van der Waals surface area contributed by atoms with Gasteiger partial charge in [0.05, 0.1) is 5.56 Å². The van der Waals surface area contributed by atoms with Gasteiger partial charge in [-0.3, -0.25) is 9.59 Å². The third kappa shape index (κ3) is 2.52. The van der Waals surface area contributed by atoms with E-state index in [1.165, 1.54) is 12.1 Å². The van der Waals surface area contributed by atoms with Crippen molar-refractivity contribution < 1.29 is 19.5 Å². The van der Waals surface area contributed by atoms with E-state index in [9.17, 15) is 14.4 Å². The maximum Gasteiger partial charge on any atom is 0.335 e. The highest BCUT2D eigenvalue weighted by Crippen LogP contribution is 2.40. The van der Waals surface area contributed by atoms with Crippen molar-refractivity contribution in [2.75, 3.05) is 5.32 Å². The topological polar surface area (TPSA) is 83.5 Å². The van der Waals surface area contributed by atoms with Crippen molar-refractivity contribution in [3.05, 3.63) is 101 Å². The number of hydrogen-bond donors (Lipinski definition) is 2. The first-order chi connectivity index (χ1) is 13.0. The van der Waals surface area contributed by atoms with Crippen LogP contribution in [0, 0.1) is 0 Å². The van der Waals surface area contributed by atoms with Gasteiger partial charge in [0.2, 0.25) is 11.6 Å². The van der Waals surface area contributed by atoms with Gasteiger partial charge < -0.3 is 10.4 Å². The van der Waals surface area contributed by atoms with Gasteiger partial charge in [-0.25, -0.2) is 4.79 Å². The highest BCUT2D eigenvalue weighted by molar-refractivity contribution is 6.34. The summed E-state index contributed by atoms with van der Waals surface area (Å²) in [6.45, 7) is 0. The Bertz CT molecular complexity index is 1020. The molecule has 27 heavy (non-hydrogen) atoms. The van der Waals surface area contributed by atoms with E-state index in [0.29, 0.717) is 22.4 Å². The minimum absolute atomic E-state index is 0.127. The maximum atomic E-state index is 13.3. The van der Waals surface area contributed by atoms with Crippen molar-refractivity contribution in [2.24, 2.45) is 0 Å². The molecule has 0 fully saturated rings. The van der Waals surface area contributed by atoms with Crippen LogP contribution in [-0.2, 0) is 5.54 Å². The number of anilines is 1. The van der Waals surface area contributed by atoms with Gasteiger partial charge in [0.1, 0.15) is 0 Å². The predicted octanol–water partition coefficient (Wildman–Crippen LogP) is 3.77. The average molecular weight is 357 g/mol. The lowest BCUT2D eigenvalue weighted by atomic mass is 9.84. The van der Waals surface area contributed by atoms with E-state index in [2.05, 4.69) is 5.32 Å². The lowest BCUT2D eigenvalue weighted by Gasteiger charge is -2.29. The number of carbonyl (C=O) groups excluding carboxylic acids is 2. The molecule has 0 saturated heterocycles. The maximum absolute atomic E-state index is 13.3. The van der Waals surface area contributed by atoms with Crippen molar-refractivity contribution in [1.82, 2.24) is 0 Å². The van der Waals surface area contributed by atoms with Crippen molar-refractivity contribution in [2.45, 2.75) is 5.54 Å². The van der Waals surface area contributed by atoms with Crippen LogP contribution in [0.15, 0.2) is 78.9 Å². The summed E-state index contributed by atoms with van der Waals surface area (Å²) in [7, 11) is 0. The molecule has 0 bridgehead atoms. The molecule has 3 aromatic rings. The number of carbonyl (C=O) groups is 3. The number of benzene rings is 3. The van der Waals surface area contributed by atoms with E-state index in [1.54, 1.807) is 60.7 Å². The second-order valence-corrected chi connectivity index (χ2v) is 6.33. The Morgan fingerprint density at radius 3 is 1.78 bits per heavy atom. The fraction of sp³-hybridized carbons (Fsp3) is 0.0455. The summed E-state index contributed by atoms with van der Waals surface area (Å²) in [6.07, 6.45) is 0. The highest BCUT2D eigenvalue weighted by Gasteiger charge is 2.54. The first-order valence-corrected chi connectivity index (χ1v) is 8.40. The van der Waals surface area contributed by atoms with E-state index < -0.39 is 11.5 Å². The van der Waals surface area contributed by atoms with Crippen LogP contribution in [0.3, 0.4) is 0 Å². The van der Waals surface area contributed by atoms with Crippen molar-refractivity contribution >= 4 is 23.2 Å². The lowest BCUT2D eigenvalue weighted by Crippen LogP contribution is -2.46. The Hall–Kier alpha value is -3.73. The van der Waals surface area contributed by atoms with Gasteiger partial charge in [-0.1, -0.05) is 54.6 Å². The Labute approximate surface area is 155 Å². The molecule has 5 heteroatoms. The minimum atomic E-state index is -1.57. The summed E-state index contributed by atoms with van der Waals surface area (Å²) in [4.78, 5) is 37.7. The molecule has 0 aromatic heterocycles. The van der Waals surface area contributed by atoms with E-state index in [1.807, 2.05) is 6.07 Å². The number of carboxylic acids is 1. The molecule has 0 unspecified atom stereocenters. The van der Waals surface area contributed by atoms with E-state index in [4.69, 9.17) is 5.11 Å². The number of ketones is 2. The summed E-state index contributed by atoms with van der Waals surface area (Å²) >= 11 is 0. The molecule has 2 N–H and O–H groups in total. The summed E-state index contributed by atoms with van der Waals surface area (Å²) in [5.41, 5.74) is 0.330. The van der Waals surface area contributed by atoms with E-state index in [0.717, 1.165) is 0 Å². The molecule has 0 atom stereocenters. The Morgan fingerprint density at radius 1 is 0.741 bits per heavy atom. The normalized spacial score (nSPS) is 14.7. The molecule has 4 rings (SSSR count). The van der Waals surface area contributed by atoms with Gasteiger partial charge in [0.15, 0.2) is 5.54 Å². The standard InChI is InChI=1S/C22H15NO4/c24-19-17-8-4-5-9-18(17)20(25)22(19,15-6-2-1-3-7-15)23-16-12-10-14(11-13-16)21(26)27/h1-13,23H,(H,26,27). The molecule has 0 amide bonds. The molecule has 132 valence electrons. The van der Waals surface area contributed by atoms with Crippen LogP contribution in [0.4, 0.5) is 5.69 Å². The van der Waals surface area contributed by atoms with Gasteiger partial charge in [-0.2, -0.15) is 0 Å². The SMILES string of the molecule is O=C(O)c1ccc(NC2(c3ccccc3)C(=O)c3ccccc3C2=O)cc1. The Balaban J connectivity index is 1.86. The number of rotatable bonds is 4. The van der Waals surface area contributed by atoms with Gasteiger partial charge >= 0.3 is 5.97 Å². The van der Waals surface area contributed by atoms with Crippen LogP contribution in [-0.4, -0.2) is 22.6 Å². The van der Waals surface area contributed by atoms with Gasteiger partial charge in [-0.15, -0.1) is 0 Å². The van der Waals surface area contributed by atoms with Crippen LogP contribution in [0.2, 0.25) is 0 Å². The molecule has 0 saturated carbocycles. The molecule has 1 aliphatic carbocycles. The third-order valence-corrected chi connectivity index (χ3v) is 4.77. The summed E-state index contributed by atoms with van der Waals surface area (Å²) in [5.74, 6) is -1.69. The van der Waals surface area contributed by atoms with Crippen LogP contribution in [0.1, 0.15) is 36.6 Å². The number of carboxylic acid groups (broad SMARTS) is 1. The van der Waals surface area contributed by atoms with Crippen LogP contribution in [0.25, 0.3) is 0 Å². The number of aromatic carboxylic acids is 1. The zero-order valence-corrected chi connectivity index (χ0v) is 14.2. The third-order valence-electron chi connectivity index (χ3n) is 4.77. The quantitative estimate of drug-likeness (QED) is 0.695. The minimum Gasteiger partial charge on any atom is -0.478 e. The monoisotopic (exact) mass is 357 g/mol. The van der Waals surface area contributed by atoms with Gasteiger partial charge in [0, 0.05) is 16.8 Å². The van der Waals surface area contributed by atoms with Gasteiger partial charge in [-0.05, 0) is 29.8 Å². The fourth-order valence-electron chi connectivity index (χ4n) is 3.43. The zero-order valence-electron chi connectivity index (χ0n) is 14.2. The number of hydrogen-bond acceptors (Lipinski definition) is 4. The first-order valence-electron chi connectivity index (χ1n) is 8.40. The number of nitrogens with one attached hydrogen (secondary N) is 1. The summed E-state index contributed by atoms with van der Waals surface area (Å²) in [5, 5.41) is 12.2. The molecule has 1 aliphatic rings. The van der Waals surface area contributed by atoms with Crippen LogP contribution >= 0.6 is 0 Å². The molecule has 5 nitrogen and oxygen atoms in total. The molecule has 0 aliphatic heterocycles. The first kappa shape index (κ1) is 16.7. The second-order valence-electron chi connectivity index (χ2n) is 6.33. The summed E-state index contributed by atoms with van der Waals surface area (Å²) < 4.78 is 0. The predicted molar refractivity (Wildman–Crippen MR) is 100 cm³/mol. The fourth-order valence-corrected chi connectivity index (χ4v) is 3.43. The molecule has 0 heterocycles. The van der Waals surface area contributed by atoms with Crippen molar-refractivity contribution in [1.29, 1.82) is 0 Å². The largest absolute Gasteiger partial charge is 0.478 e. The second kappa shape index (κ2) is 6.21. The Kier molecular flexibility index (Phi) is 3.85. The number of fused-ring (bicyclic) bond motifs is 1. The Morgan fingerprint density at radius 2 is 1.26 bits per heavy atom. The zero-order chi connectivity index (χ0) is 19.0. The summed E-state index contributed by atoms with van der Waals surface area (Å²) in [6, 6.07) is 21.6. The highest BCUT2D eigenvalue weighted by atomic mass is 16.4. The number of Topliss-reactive ketones (excluding diaryl/α,β-unsaturated/α-hetero) is 2. The van der Waals surface area contributed by atoms with Crippen LogP contribution in [0.5, 0.6) is 0 Å². The van der Waals surface area contributed by atoms with Crippen molar-refractivity contribution in [3.63, 3.8) is 0 Å². The van der Waals surface area contributed by atoms with Crippen LogP contribution < -0.4 is 5.32 Å². The van der Waals surface area contributed by atoms with Gasteiger partial charge in [0.25, 0.3) is 0 Å².